The molecule has 6 heteroatoms. The summed E-state index contributed by atoms with van der Waals surface area (Å²) in [4.78, 5) is 4.34. The summed E-state index contributed by atoms with van der Waals surface area (Å²) in [5.74, 6) is 1.12. The minimum atomic E-state index is -2.98. The Morgan fingerprint density at radius 1 is 1.37 bits per heavy atom. The number of aromatic nitrogens is 2. The molecule has 5 nitrogen and oxygen atoms in total. The Kier molecular flexibility index (Phi) is 6.51. The summed E-state index contributed by atoms with van der Waals surface area (Å²) in [6, 6.07) is -0.0621. The predicted octanol–water partition coefficient (Wildman–Crippen LogP) is 1.25. The molecule has 1 rings (SSSR count). The first-order chi connectivity index (χ1) is 8.96. The van der Waals surface area contributed by atoms with Gasteiger partial charge < -0.3 is 9.88 Å². The molecule has 0 aromatic carbocycles. The minimum absolute atomic E-state index is 0.0621. The fourth-order valence-corrected chi connectivity index (χ4v) is 3.07. The molecule has 1 N–H and O–H groups in total. The van der Waals surface area contributed by atoms with Gasteiger partial charge in [0.1, 0.15) is 15.7 Å². The van der Waals surface area contributed by atoms with E-state index in [2.05, 4.69) is 28.7 Å². The van der Waals surface area contributed by atoms with Gasteiger partial charge in [0, 0.05) is 37.7 Å². The maximum absolute atomic E-state index is 11.5. The van der Waals surface area contributed by atoms with Gasteiger partial charge in [0.2, 0.25) is 0 Å². The molecule has 0 aliphatic heterocycles. The smallest absolute Gasteiger partial charge is 0.148 e. The van der Waals surface area contributed by atoms with Crippen molar-refractivity contribution in [3.63, 3.8) is 0 Å². The lowest BCUT2D eigenvalue weighted by Gasteiger charge is -2.18. The summed E-state index contributed by atoms with van der Waals surface area (Å²) < 4.78 is 25.1. The van der Waals surface area contributed by atoms with E-state index in [0.717, 1.165) is 31.8 Å². The molecule has 0 saturated carbocycles. The second-order valence-corrected chi connectivity index (χ2v) is 7.17. The quantitative estimate of drug-likeness (QED) is 0.742. The van der Waals surface area contributed by atoms with Crippen LogP contribution in [0, 0.1) is 0 Å². The van der Waals surface area contributed by atoms with Gasteiger partial charge in [-0.15, -0.1) is 0 Å². The van der Waals surface area contributed by atoms with E-state index in [9.17, 15) is 8.42 Å². The number of imidazole rings is 1. The largest absolute Gasteiger partial charge is 0.335 e. The van der Waals surface area contributed by atoms with Crippen LogP contribution in [-0.2, 0) is 22.8 Å². The van der Waals surface area contributed by atoms with Gasteiger partial charge in [-0.25, -0.2) is 13.4 Å². The summed E-state index contributed by atoms with van der Waals surface area (Å²) in [6.45, 7) is 5.94. The Balaban J connectivity index is 2.72. The van der Waals surface area contributed by atoms with Crippen LogP contribution in [0.25, 0.3) is 0 Å². The molecule has 0 spiro atoms. The van der Waals surface area contributed by atoms with E-state index < -0.39 is 9.84 Å². The molecule has 19 heavy (non-hydrogen) atoms. The summed E-state index contributed by atoms with van der Waals surface area (Å²) in [5, 5.41) is 3.30. The third-order valence-corrected chi connectivity index (χ3v) is 3.89. The average Bonchev–Trinajstić information content (AvgIpc) is 2.72. The van der Waals surface area contributed by atoms with Crippen molar-refractivity contribution >= 4 is 9.84 Å². The molecule has 0 amide bonds. The van der Waals surface area contributed by atoms with Crippen LogP contribution in [0.1, 0.15) is 32.5 Å². The monoisotopic (exact) mass is 287 g/mol. The lowest BCUT2D eigenvalue weighted by molar-refractivity contribution is 0.507. The van der Waals surface area contributed by atoms with Crippen LogP contribution in [-0.4, -0.2) is 42.6 Å². The standard InChI is InChI=1S/C13H25N3O2S/c1-4-6-14-12(11-19(3,17)18)10-13-15-7-9-16(13)8-5-2/h7,9,12,14H,4-6,8,10-11H2,1-3H3. The lowest BCUT2D eigenvalue weighted by atomic mass is 10.2. The molecule has 1 aromatic heterocycles. The van der Waals surface area contributed by atoms with E-state index in [0.29, 0.717) is 6.42 Å². The number of hydrogen-bond donors (Lipinski definition) is 1. The highest BCUT2D eigenvalue weighted by Gasteiger charge is 2.17. The Labute approximate surface area is 116 Å². The summed E-state index contributed by atoms with van der Waals surface area (Å²) in [7, 11) is -2.98. The van der Waals surface area contributed by atoms with Crippen LogP contribution < -0.4 is 5.32 Å². The average molecular weight is 287 g/mol. The van der Waals surface area contributed by atoms with Crippen molar-refractivity contribution in [1.82, 2.24) is 14.9 Å². The maximum atomic E-state index is 11.5. The first-order valence-corrected chi connectivity index (χ1v) is 8.93. The summed E-state index contributed by atoms with van der Waals surface area (Å²) >= 11 is 0. The molecule has 1 heterocycles. The predicted molar refractivity (Wildman–Crippen MR) is 78.0 cm³/mol. The van der Waals surface area contributed by atoms with Crippen molar-refractivity contribution in [2.75, 3.05) is 18.6 Å². The van der Waals surface area contributed by atoms with Crippen molar-refractivity contribution in [1.29, 1.82) is 0 Å². The van der Waals surface area contributed by atoms with Crippen LogP contribution in [0.3, 0.4) is 0 Å². The van der Waals surface area contributed by atoms with E-state index in [-0.39, 0.29) is 11.8 Å². The molecule has 0 aliphatic carbocycles. The van der Waals surface area contributed by atoms with Crippen molar-refractivity contribution in [2.45, 2.75) is 45.7 Å². The molecular formula is C13H25N3O2S. The SMILES string of the molecule is CCCNC(Cc1nccn1CCC)CS(C)(=O)=O. The number of nitrogens with zero attached hydrogens (tertiary/aromatic N) is 2. The third kappa shape index (κ3) is 6.20. The van der Waals surface area contributed by atoms with E-state index in [4.69, 9.17) is 0 Å². The first-order valence-electron chi connectivity index (χ1n) is 6.87. The number of rotatable bonds is 9. The van der Waals surface area contributed by atoms with Crippen LogP contribution in [0.15, 0.2) is 12.4 Å². The van der Waals surface area contributed by atoms with Crippen molar-refractivity contribution in [3.8, 4) is 0 Å². The Hall–Kier alpha value is -0.880. The molecule has 110 valence electrons. The van der Waals surface area contributed by atoms with Gasteiger partial charge in [0.25, 0.3) is 0 Å². The normalized spacial score (nSPS) is 13.6. The lowest BCUT2D eigenvalue weighted by Crippen LogP contribution is -2.38. The van der Waals surface area contributed by atoms with Crippen LogP contribution in [0.4, 0.5) is 0 Å². The maximum Gasteiger partial charge on any atom is 0.148 e. The number of sulfone groups is 1. The second kappa shape index (κ2) is 7.65. The minimum Gasteiger partial charge on any atom is -0.335 e. The summed E-state index contributed by atoms with van der Waals surface area (Å²) in [5.41, 5.74) is 0. The van der Waals surface area contributed by atoms with Crippen molar-refractivity contribution < 1.29 is 8.42 Å². The molecule has 0 aliphatic rings. The van der Waals surface area contributed by atoms with Gasteiger partial charge in [0.15, 0.2) is 0 Å². The fourth-order valence-electron chi connectivity index (χ4n) is 2.10. The number of hydrogen-bond acceptors (Lipinski definition) is 4. The van der Waals surface area contributed by atoms with E-state index in [1.165, 1.54) is 6.26 Å². The topological polar surface area (TPSA) is 64.0 Å². The molecule has 0 fully saturated rings. The highest BCUT2D eigenvalue weighted by atomic mass is 32.2. The fraction of sp³-hybridized carbons (Fsp3) is 0.769. The Morgan fingerprint density at radius 3 is 2.68 bits per heavy atom. The van der Waals surface area contributed by atoms with E-state index in [1.807, 2.05) is 6.20 Å². The Morgan fingerprint density at radius 2 is 2.11 bits per heavy atom. The van der Waals surface area contributed by atoms with Crippen molar-refractivity contribution in [3.05, 3.63) is 18.2 Å². The number of nitrogens with one attached hydrogen (secondary N) is 1. The van der Waals surface area contributed by atoms with Gasteiger partial charge in [-0.1, -0.05) is 13.8 Å². The molecule has 1 atom stereocenters. The van der Waals surface area contributed by atoms with Crippen LogP contribution in [0.5, 0.6) is 0 Å². The third-order valence-electron chi connectivity index (χ3n) is 2.88. The molecule has 1 aromatic rings. The highest BCUT2D eigenvalue weighted by Crippen LogP contribution is 2.05. The molecule has 1 unspecified atom stereocenters. The number of aryl methyl sites for hydroxylation is 1. The first kappa shape index (κ1) is 16.2. The van der Waals surface area contributed by atoms with Gasteiger partial charge in [-0.05, 0) is 19.4 Å². The second-order valence-electron chi connectivity index (χ2n) is 4.98. The molecule has 0 saturated heterocycles. The molecule has 0 bridgehead atoms. The molecule has 0 radical (unpaired) electrons. The zero-order valence-electron chi connectivity index (χ0n) is 12.1. The van der Waals surface area contributed by atoms with Crippen LogP contribution >= 0.6 is 0 Å². The highest BCUT2D eigenvalue weighted by molar-refractivity contribution is 7.90. The van der Waals surface area contributed by atoms with Crippen LogP contribution in [0.2, 0.25) is 0 Å². The zero-order valence-corrected chi connectivity index (χ0v) is 12.9. The van der Waals surface area contributed by atoms with E-state index >= 15 is 0 Å². The van der Waals surface area contributed by atoms with Crippen molar-refractivity contribution in [2.24, 2.45) is 0 Å². The summed E-state index contributed by atoms with van der Waals surface area (Å²) in [6.07, 6.45) is 7.71. The van der Waals surface area contributed by atoms with Gasteiger partial charge in [0.05, 0.1) is 5.75 Å². The van der Waals surface area contributed by atoms with Gasteiger partial charge in [-0.3, -0.25) is 0 Å². The van der Waals surface area contributed by atoms with Gasteiger partial charge in [-0.2, -0.15) is 0 Å². The molecular weight excluding hydrogens is 262 g/mol. The Bertz CT molecular complexity index is 468. The zero-order chi connectivity index (χ0) is 14.3. The van der Waals surface area contributed by atoms with E-state index in [1.54, 1.807) is 6.20 Å². The van der Waals surface area contributed by atoms with Gasteiger partial charge >= 0.3 is 0 Å².